The molecular weight excluding hydrogens is 300 g/mol. The van der Waals surface area contributed by atoms with Gasteiger partial charge < -0.3 is 25.8 Å². The lowest BCUT2D eigenvalue weighted by atomic mass is 10.1. The summed E-state index contributed by atoms with van der Waals surface area (Å²) in [6.07, 6.45) is -6.59. The molecule has 2 heterocycles. The molecule has 4 atom stereocenters. The van der Waals surface area contributed by atoms with E-state index < -0.39 is 36.2 Å². The quantitative estimate of drug-likeness (QED) is 0.458. The number of anilines is 1. The first kappa shape index (κ1) is 15.7. The molecule has 12 heteroatoms. The van der Waals surface area contributed by atoms with Crippen molar-refractivity contribution in [1.29, 1.82) is 0 Å². The first-order chi connectivity index (χ1) is 9.84. The number of aromatic nitrogens is 2. The zero-order valence-electron chi connectivity index (χ0n) is 10.2. The zero-order valence-corrected chi connectivity index (χ0v) is 10.2. The second kappa shape index (κ2) is 5.59. The van der Waals surface area contributed by atoms with E-state index in [1.165, 1.54) is 6.07 Å². The Balaban J connectivity index is 2.34. The Morgan fingerprint density at radius 1 is 1.38 bits per heavy atom. The monoisotopic (exact) mass is 311 g/mol. The normalized spacial score (nSPS) is 29.8. The van der Waals surface area contributed by atoms with Crippen molar-refractivity contribution in [2.75, 3.05) is 5.73 Å². The van der Waals surface area contributed by atoms with Gasteiger partial charge in [0, 0.05) is 6.20 Å². The highest BCUT2D eigenvalue weighted by atomic mass is 19.3. The van der Waals surface area contributed by atoms with Crippen molar-refractivity contribution in [3.8, 4) is 0 Å². The Hall–Kier alpha value is -1.70. The third-order valence-electron chi connectivity index (χ3n) is 2.94. The fraction of sp³-hybridized carbons (Fsp3) is 0.556. The molecular formula is C9H11F2N3O7. The molecule has 1 aromatic heterocycles. The topological polar surface area (TPSA) is 149 Å². The van der Waals surface area contributed by atoms with Crippen LogP contribution < -0.4 is 11.4 Å². The van der Waals surface area contributed by atoms with Gasteiger partial charge in [-0.2, -0.15) is 4.98 Å². The zero-order chi connectivity index (χ0) is 15.8. The number of nitrogens with zero attached hydrogens (tertiary/aromatic N) is 2. The molecule has 2 rings (SSSR count). The van der Waals surface area contributed by atoms with Gasteiger partial charge in [-0.3, -0.25) is 4.57 Å². The van der Waals surface area contributed by atoms with E-state index in [9.17, 15) is 29.2 Å². The van der Waals surface area contributed by atoms with Crippen LogP contribution in [0.2, 0.25) is 0 Å². The molecule has 0 unspecified atom stereocenters. The van der Waals surface area contributed by atoms with Crippen LogP contribution >= 0.6 is 0 Å². The van der Waals surface area contributed by atoms with Crippen molar-refractivity contribution in [1.82, 2.24) is 9.55 Å². The van der Waals surface area contributed by atoms with Gasteiger partial charge in [0.15, 0.2) is 12.3 Å². The molecule has 0 saturated carbocycles. The summed E-state index contributed by atoms with van der Waals surface area (Å²) in [6.45, 7) is 0. The first-order valence-electron chi connectivity index (χ1n) is 5.52. The van der Waals surface area contributed by atoms with Crippen LogP contribution in [0.1, 0.15) is 6.23 Å². The highest BCUT2D eigenvalue weighted by molar-refractivity contribution is 5.23. The van der Waals surface area contributed by atoms with Crippen molar-refractivity contribution in [2.45, 2.75) is 30.5 Å². The fourth-order valence-electron chi connectivity index (χ4n) is 1.91. The minimum absolute atomic E-state index is 0.114. The number of hydrogen-bond donors (Lipinski definition) is 4. The summed E-state index contributed by atoms with van der Waals surface area (Å²) in [5.74, 6) is -3.73. The minimum atomic E-state index is -3.61. The number of ether oxygens (including phenoxy) is 1. The van der Waals surface area contributed by atoms with Crippen LogP contribution in [0.3, 0.4) is 0 Å². The fourth-order valence-corrected chi connectivity index (χ4v) is 1.91. The Labute approximate surface area is 114 Å². The molecule has 0 aliphatic carbocycles. The van der Waals surface area contributed by atoms with E-state index >= 15 is 0 Å². The Kier molecular flexibility index (Phi) is 4.18. The van der Waals surface area contributed by atoms with Crippen molar-refractivity contribution < 1.29 is 39.0 Å². The van der Waals surface area contributed by atoms with Crippen molar-refractivity contribution in [3.05, 3.63) is 22.7 Å². The van der Waals surface area contributed by atoms with Crippen LogP contribution in [-0.2, 0) is 14.6 Å². The average Bonchev–Trinajstić information content (AvgIpc) is 2.75. The maximum atomic E-state index is 12.2. The molecule has 1 aromatic rings. The molecule has 1 aliphatic rings. The number of halogens is 2. The number of hydrogen-bond acceptors (Lipinski definition) is 9. The Morgan fingerprint density at radius 3 is 2.52 bits per heavy atom. The average molecular weight is 311 g/mol. The van der Waals surface area contributed by atoms with E-state index in [2.05, 4.69) is 14.9 Å². The summed E-state index contributed by atoms with van der Waals surface area (Å²) >= 11 is 0. The van der Waals surface area contributed by atoms with E-state index in [-0.39, 0.29) is 5.82 Å². The van der Waals surface area contributed by atoms with Crippen molar-refractivity contribution in [3.63, 3.8) is 0 Å². The summed E-state index contributed by atoms with van der Waals surface area (Å²) in [6, 6.07) is 1.18. The summed E-state index contributed by atoms with van der Waals surface area (Å²) < 4.78 is 29.9. The molecule has 0 amide bonds. The van der Waals surface area contributed by atoms with Gasteiger partial charge in [-0.25, -0.2) is 4.79 Å². The predicted molar refractivity (Wildman–Crippen MR) is 58.2 cm³/mol. The molecule has 10 nitrogen and oxygen atoms in total. The molecule has 0 bridgehead atoms. The maximum absolute atomic E-state index is 12.2. The van der Waals surface area contributed by atoms with Crippen LogP contribution in [0.15, 0.2) is 17.1 Å². The van der Waals surface area contributed by atoms with E-state index in [1.807, 2.05) is 0 Å². The van der Waals surface area contributed by atoms with Crippen LogP contribution in [0, 0.1) is 0 Å². The van der Waals surface area contributed by atoms with Gasteiger partial charge in [-0.1, -0.05) is 0 Å². The van der Waals surface area contributed by atoms with Crippen molar-refractivity contribution >= 4 is 5.82 Å². The van der Waals surface area contributed by atoms with E-state index in [4.69, 9.17) is 10.5 Å². The summed E-state index contributed by atoms with van der Waals surface area (Å²) in [7, 11) is 0. The SMILES string of the molecule is Nc1ccn([C@@H]2O[C@H](C(O)(OF)OF)[C@@H](O)[C@H]2O)c(=O)n1. The van der Waals surface area contributed by atoms with E-state index in [0.29, 0.717) is 4.57 Å². The Bertz CT molecular complexity index is 567. The minimum Gasteiger partial charge on any atom is -0.387 e. The first-order valence-corrected chi connectivity index (χ1v) is 5.52. The van der Waals surface area contributed by atoms with E-state index in [1.54, 1.807) is 0 Å². The summed E-state index contributed by atoms with van der Waals surface area (Å²) in [4.78, 5) is 20.7. The lowest BCUT2D eigenvalue weighted by Gasteiger charge is -2.25. The largest absolute Gasteiger partial charge is 0.387 e. The molecule has 21 heavy (non-hydrogen) atoms. The van der Waals surface area contributed by atoms with Gasteiger partial charge in [0.2, 0.25) is 0 Å². The van der Waals surface area contributed by atoms with Gasteiger partial charge in [-0.05, 0) is 15.1 Å². The second-order valence-electron chi connectivity index (χ2n) is 4.26. The van der Waals surface area contributed by atoms with E-state index in [0.717, 1.165) is 6.20 Å². The molecule has 118 valence electrons. The predicted octanol–water partition coefficient (Wildman–Crippen LogP) is -2.11. The number of aliphatic hydroxyl groups is 3. The molecule has 1 fully saturated rings. The van der Waals surface area contributed by atoms with Gasteiger partial charge in [0.05, 0.1) is 0 Å². The lowest BCUT2D eigenvalue weighted by molar-refractivity contribution is -0.520. The molecule has 1 aliphatic heterocycles. The van der Waals surface area contributed by atoms with Crippen LogP contribution in [0.5, 0.6) is 0 Å². The number of nitrogen functional groups attached to an aromatic ring is 1. The van der Waals surface area contributed by atoms with Crippen LogP contribution in [0.25, 0.3) is 0 Å². The third kappa shape index (κ3) is 2.59. The molecule has 0 radical (unpaired) electrons. The van der Waals surface area contributed by atoms with Gasteiger partial charge >= 0.3 is 11.7 Å². The number of nitrogens with two attached hydrogens (primary N) is 1. The van der Waals surface area contributed by atoms with Crippen molar-refractivity contribution in [2.24, 2.45) is 0 Å². The summed E-state index contributed by atoms with van der Waals surface area (Å²) in [5, 5.41) is 28.7. The number of aliphatic hydroxyl groups excluding tert-OH is 2. The molecule has 5 N–H and O–H groups in total. The lowest BCUT2D eigenvalue weighted by Crippen LogP contribution is -2.50. The molecule has 0 aromatic carbocycles. The highest BCUT2D eigenvalue weighted by Gasteiger charge is 2.58. The Morgan fingerprint density at radius 2 is 2.00 bits per heavy atom. The van der Waals surface area contributed by atoms with Gasteiger partial charge in [0.25, 0.3) is 0 Å². The third-order valence-corrected chi connectivity index (χ3v) is 2.94. The molecule has 0 spiro atoms. The second-order valence-corrected chi connectivity index (χ2v) is 4.26. The van der Waals surface area contributed by atoms with Crippen LogP contribution in [0.4, 0.5) is 14.9 Å². The maximum Gasteiger partial charge on any atom is 0.376 e. The standard InChI is InChI=1S/C9H11F2N3O7/c10-20-9(18,21-11)6-4(15)5(16)7(19-6)14-2-1-3(12)13-8(14)17/h1-2,4-7,15-16,18H,(H2,12,13,17)/t4-,5+,6-,7+/m0/s1. The number of rotatable bonds is 4. The smallest absolute Gasteiger partial charge is 0.376 e. The van der Waals surface area contributed by atoms with Gasteiger partial charge in [0.1, 0.15) is 18.0 Å². The summed E-state index contributed by atoms with van der Waals surface area (Å²) in [5.41, 5.74) is 4.31. The molecule has 1 saturated heterocycles. The van der Waals surface area contributed by atoms with Gasteiger partial charge in [-0.15, -0.1) is 9.88 Å². The highest BCUT2D eigenvalue weighted by Crippen LogP contribution is 2.35. The van der Waals surface area contributed by atoms with Crippen LogP contribution in [-0.4, -0.2) is 49.2 Å².